The molecule has 0 aliphatic carbocycles. The number of anilines is 12. The standard InChI is InChI=1S/C70H101N33O5/c1-50(104)76-30-34-80-59-89-64(96-67(92-59)100(38-14-26-71)39-15-27-72)85-43-56(106)79-33-37-83-62-91-66(99-70(95-62)103(48-53-22-10-4-11-23-53)49-54-24-12-5-13-25-54)87-45-58(108)77-31-35-81-60-90-65(97-68(93-60)101(40-16-28-73)41-17-29-74)86-44-57(107)78-32-36-82-61-88-63(84-42-55(75)105)98-69(94-61)102(46-51-18-6-2-7-19-51)47-52-20-8-3-9-21-52/h2-13,18-25H,14-17,26-49,71-74H2,1H3,(H2,75,105)(H,76,104)(H,77,108)(H,78,107)(H,79,106)(H2,80,85,89,92,96)(H2,81,86,90,93,97)(H2,82,84,88,94,98)(H2,83,87,91,95,99). The van der Waals surface area contributed by atoms with Crippen LogP contribution in [0.3, 0.4) is 0 Å². The van der Waals surface area contributed by atoms with Crippen molar-refractivity contribution >= 4 is 101 Å². The zero-order valence-electron chi connectivity index (χ0n) is 60.9. The van der Waals surface area contributed by atoms with Gasteiger partial charge in [0.05, 0.1) is 26.2 Å². The van der Waals surface area contributed by atoms with Crippen molar-refractivity contribution in [1.82, 2.24) is 81.1 Å². The molecule has 0 aliphatic rings. The minimum Gasteiger partial charge on any atom is -0.368 e. The number of nitrogens with zero attached hydrogens (tertiary/aromatic N) is 16. The van der Waals surface area contributed by atoms with Crippen LogP contribution >= 0.6 is 0 Å². The highest BCUT2D eigenvalue weighted by Crippen LogP contribution is 2.23. The van der Waals surface area contributed by atoms with E-state index in [0.29, 0.717) is 141 Å². The molecule has 0 saturated carbocycles. The van der Waals surface area contributed by atoms with Gasteiger partial charge in [0.15, 0.2) is 0 Å². The first-order valence-electron chi connectivity index (χ1n) is 35.9. The van der Waals surface area contributed by atoms with Gasteiger partial charge >= 0.3 is 0 Å². The Morgan fingerprint density at radius 3 is 0.769 bits per heavy atom. The smallest absolute Gasteiger partial charge is 0.239 e. The lowest BCUT2D eigenvalue weighted by Crippen LogP contribution is -2.35. The second kappa shape index (κ2) is 45.8. The first kappa shape index (κ1) is 81.4. The summed E-state index contributed by atoms with van der Waals surface area (Å²) < 4.78 is 0. The molecule has 108 heavy (non-hydrogen) atoms. The number of carbonyl (C=O) groups is 5. The Morgan fingerprint density at radius 2 is 0.528 bits per heavy atom. The maximum atomic E-state index is 13.6. The Kier molecular flexibility index (Phi) is 34.5. The van der Waals surface area contributed by atoms with E-state index in [0.717, 1.165) is 22.3 Å². The molecular formula is C70H101N33O5. The minimum absolute atomic E-state index is 0.110. The fourth-order valence-corrected chi connectivity index (χ4v) is 10.4. The van der Waals surface area contributed by atoms with Gasteiger partial charge in [0.2, 0.25) is 101 Å². The summed E-state index contributed by atoms with van der Waals surface area (Å²) in [5.41, 5.74) is 33.1. The predicted molar refractivity (Wildman–Crippen MR) is 419 cm³/mol. The van der Waals surface area contributed by atoms with E-state index >= 15 is 0 Å². The molecule has 0 spiro atoms. The Hall–Kier alpha value is -12.3. The molecule has 4 aromatic carbocycles. The molecule has 576 valence electrons. The molecule has 0 atom stereocenters. The number of carbonyl (C=O) groups excluding carboxylic acids is 5. The van der Waals surface area contributed by atoms with Crippen LogP contribution in [0.1, 0.15) is 54.9 Å². The van der Waals surface area contributed by atoms with Crippen LogP contribution in [0.15, 0.2) is 121 Å². The van der Waals surface area contributed by atoms with Gasteiger partial charge < -0.3 is 112 Å². The van der Waals surface area contributed by atoms with Crippen LogP contribution in [0.25, 0.3) is 0 Å². The quantitative estimate of drug-likeness (QED) is 0.0227. The number of benzene rings is 4. The number of hydrogen-bond acceptors (Lipinski definition) is 33. The molecule has 0 radical (unpaired) electrons. The van der Waals surface area contributed by atoms with Gasteiger partial charge in [0.1, 0.15) is 0 Å². The van der Waals surface area contributed by atoms with Gasteiger partial charge in [-0.1, -0.05) is 121 Å². The maximum Gasteiger partial charge on any atom is 0.239 e. The third kappa shape index (κ3) is 30.1. The number of nitrogens with one attached hydrogen (secondary N) is 12. The van der Waals surface area contributed by atoms with Crippen LogP contribution in [0.4, 0.5) is 71.4 Å². The molecule has 0 bridgehead atoms. The van der Waals surface area contributed by atoms with Gasteiger partial charge in [-0.15, -0.1) is 0 Å². The summed E-state index contributed by atoms with van der Waals surface area (Å²) in [4.78, 5) is 128. The number of hydrogen-bond donors (Lipinski definition) is 17. The highest BCUT2D eigenvalue weighted by Gasteiger charge is 2.21. The molecule has 0 fully saturated rings. The Morgan fingerprint density at radius 1 is 0.296 bits per heavy atom. The first-order valence-corrected chi connectivity index (χ1v) is 35.9. The molecule has 8 rings (SSSR count). The molecule has 5 amide bonds. The summed E-state index contributed by atoms with van der Waals surface area (Å²) in [6.07, 6.45) is 2.65. The highest BCUT2D eigenvalue weighted by atomic mass is 16.2. The van der Waals surface area contributed by atoms with Crippen LogP contribution < -0.4 is 112 Å². The summed E-state index contributed by atoms with van der Waals surface area (Å²) in [6, 6.07) is 39.6. The number of primary amides is 1. The lowest BCUT2D eigenvalue weighted by Gasteiger charge is -2.24. The monoisotopic (exact) mass is 1480 g/mol. The van der Waals surface area contributed by atoms with Crippen molar-refractivity contribution in [2.45, 2.75) is 58.8 Å². The van der Waals surface area contributed by atoms with Crippen molar-refractivity contribution in [2.24, 2.45) is 28.7 Å². The molecule has 22 N–H and O–H groups in total. The summed E-state index contributed by atoms with van der Waals surface area (Å²) in [6.45, 7) is 8.14. The van der Waals surface area contributed by atoms with E-state index < -0.39 is 5.91 Å². The van der Waals surface area contributed by atoms with E-state index in [1.807, 2.05) is 141 Å². The van der Waals surface area contributed by atoms with Crippen LogP contribution in [-0.2, 0) is 50.2 Å². The second-order valence-electron chi connectivity index (χ2n) is 24.4. The Balaban J connectivity index is 0.883. The lowest BCUT2D eigenvalue weighted by molar-refractivity contribution is -0.120. The maximum absolute atomic E-state index is 13.6. The lowest BCUT2D eigenvalue weighted by atomic mass is 10.2. The molecule has 4 aromatic heterocycles. The van der Waals surface area contributed by atoms with Gasteiger partial charge in [-0.2, -0.15) is 59.8 Å². The number of amides is 5. The predicted octanol–water partition coefficient (Wildman–Crippen LogP) is 0.214. The fourth-order valence-electron chi connectivity index (χ4n) is 10.4. The molecular weight excluding hydrogens is 1380 g/mol. The number of rotatable bonds is 52. The second-order valence-corrected chi connectivity index (χ2v) is 24.4. The molecule has 0 aliphatic heterocycles. The number of aromatic nitrogens is 12. The third-order valence-electron chi connectivity index (χ3n) is 15.6. The fraction of sp³-hybridized carbons (Fsp3) is 0.414. The van der Waals surface area contributed by atoms with Gasteiger partial charge in [0.25, 0.3) is 0 Å². The van der Waals surface area contributed by atoms with Gasteiger partial charge in [-0.3, -0.25) is 24.0 Å². The summed E-state index contributed by atoms with van der Waals surface area (Å²) in [7, 11) is 0. The van der Waals surface area contributed by atoms with Crippen LogP contribution in [0.2, 0.25) is 0 Å². The summed E-state index contributed by atoms with van der Waals surface area (Å²) >= 11 is 0. The summed E-state index contributed by atoms with van der Waals surface area (Å²) in [5.74, 6) is 0.810. The van der Waals surface area contributed by atoms with Crippen LogP contribution in [0.5, 0.6) is 0 Å². The van der Waals surface area contributed by atoms with Gasteiger partial charge in [-0.25, -0.2) is 0 Å². The van der Waals surface area contributed by atoms with E-state index in [4.69, 9.17) is 48.6 Å². The molecule has 8 aromatic rings. The zero-order chi connectivity index (χ0) is 76.3. The van der Waals surface area contributed by atoms with E-state index in [-0.39, 0.29) is 137 Å². The van der Waals surface area contributed by atoms with Crippen molar-refractivity contribution in [1.29, 1.82) is 0 Å². The topological polar surface area (TPSA) is 527 Å². The van der Waals surface area contributed by atoms with E-state index in [9.17, 15) is 24.0 Å². The molecule has 0 saturated heterocycles. The van der Waals surface area contributed by atoms with E-state index in [1.165, 1.54) is 6.92 Å². The van der Waals surface area contributed by atoms with Gasteiger partial charge in [-0.05, 0) is 74.1 Å². The normalized spacial score (nSPS) is 10.8. The van der Waals surface area contributed by atoms with E-state index in [1.54, 1.807) is 0 Å². The largest absolute Gasteiger partial charge is 0.368 e. The zero-order valence-corrected chi connectivity index (χ0v) is 60.9. The summed E-state index contributed by atoms with van der Waals surface area (Å²) in [5, 5.41) is 36.1. The average Bonchev–Trinajstić information content (AvgIpc) is 0.850. The van der Waals surface area contributed by atoms with Crippen molar-refractivity contribution < 1.29 is 24.0 Å². The SMILES string of the molecule is CC(=O)NCCNc1nc(NCC(=O)NCCNc2nc(NCC(=O)NCCNc3nc(NCC(=O)NCCNc4nc(NCC(N)=O)nc(N(Cc5ccccc5)Cc5ccccc5)n4)nc(N(CCCN)CCCN)n3)nc(N(Cc3ccccc3)Cc3ccccc3)n2)nc(N(CCCN)CCCN)n1. The minimum atomic E-state index is -0.595. The van der Waals surface area contributed by atoms with Crippen molar-refractivity contribution in [3.05, 3.63) is 144 Å². The van der Waals surface area contributed by atoms with Crippen molar-refractivity contribution in [3.63, 3.8) is 0 Å². The molecule has 4 heterocycles. The highest BCUT2D eigenvalue weighted by molar-refractivity contribution is 5.81. The van der Waals surface area contributed by atoms with E-state index in [2.05, 4.69) is 104 Å². The molecule has 0 unspecified atom stereocenters. The molecule has 38 heteroatoms. The van der Waals surface area contributed by atoms with Crippen LogP contribution in [-0.4, -0.2) is 220 Å². The average molecular weight is 1480 g/mol. The number of nitrogens with two attached hydrogens (primary N) is 5. The Bertz CT molecular complexity index is 3910. The Labute approximate surface area is 627 Å². The third-order valence-corrected chi connectivity index (χ3v) is 15.6. The van der Waals surface area contributed by atoms with Crippen molar-refractivity contribution in [2.75, 3.05) is 193 Å². The van der Waals surface area contributed by atoms with Gasteiger partial charge in [0, 0.05) is 112 Å². The van der Waals surface area contributed by atoms with Crippen molar-refractivity contribution in [3.8, 4) is 0 Å². The molecule has 38 nitrogen and oxygen atoms in total. The van der Waals surface area contributed by atoms with Crippen LogP contribution in [0, 0.1) is 0 Å². The first-order chi connectivity index (χ1) is 52.7.